The van der Waals surface area contributed by atoms with E-state index >= 15 is 0 Å². The molecule has 0 spiro atoms. The molecule has 2 rings (SSSR count). The van der Waals surface area contributed by atoms with E-state index in [1.807, 2.05) is 20.8 Å². The van der Waals surface area contributed by atoms with Crippen LogP contribution in [0.1, 0.15) is 32.2 Å². The molecular weight excluding hydrogens is 242 g/mol. The first kappa shape index (κ1) is 13.3. The van der Waals surface area contributed by atoms with E-state index in [0.29, 0.717) is 18.3 Å². The number of nitrogens with zero attached hydrogens (tertiary/aromatic N) is 4. The zero-order chi connectivity index (χ0) is 13.8. The predicted molar refractivity (Wildman–Crippen MR) is 73.5 cm³/mol. The molecule has 0 saturated heterocycles. The summed E-state index contributed by atoms with van der Waals surface area (Å²) in [7, 11) is 0. The first-order valence-corrected chi connectivity index (χ1v) is 6.52. The van der Waals surface area contributed by atoms with Gasteiger partial charge in [-0.05, 0) is 19.8 Å². The molecule has 102 valence electrons. The number of nitrogens with two attached hydrogens (primary N) is 1. The molecule has 2 N–H and O–H groups in total. The number of hydrogen-bond donors (Lipinski definition) is 1. The fourth-order valence-corrected chi connectivity index (χ4v) is 1.96. The molecule has 0 radical (unpaired) electrons. The van der Waals surface area contributed by atoms with E-state index in [2.05, 4.69) is 15.1 Å². The highest BCUT2D eigenvalue weighted by Crippen LogP contribution is 2.21. The maximum absolute atomic E-state index is 6.10. The molecule has 19 heavy (non-hydrogen) atoms. The Labute approximate surface area is 112 Å². The van der Waals surface area contributed by atoms with Gasteiger partial charge < -0.3 is 10.5 Å². The molecular formula is C13H19N5O. The molecule has 0 atom stereocenters. The second-order valence-corrected chi connectivity index (χ2v) is 4.07. The first-order valence-electron chi connectivity index (χ1n) is 6.52. The molecule has 2 aromatic rings. The summed E-state index contributed by atoms with van der Waals surface area (Å²) < 4.78 is 7.11. The van der Waals surface area contributed by atoms with Crippen molar-refractivity contribution in [3.63, 3.8) is 0 Å². The normalized spacial score (nSPS) is 10.7. The van der Waals surface area contributed by atoms with Crippen LogP contribution in [0, 0.1) is 0 Å². The molecule has 0 saturated carbocycles. The third-order valence-electron chi connectivity index (χ3n) is 2.88. The van der Waals surface area contributed by atoms with E-state index in [4.69, 9.17) is 10.5 Å². The van der Waals surface area contributed by atoms with Gasteiger partial charge in [0.05, 0.1) is 36.1 Å². The van der Waals surface area contributed by atoms with Crippen molar-refractivity contribution in [2.24, 2.45) is 0 Å². The summed E-state index contributed by atoms with van der Waals surface area (Å²) >= 11 is 0. The number of anilines is 1. The van der Waals surface area contributed by atoms with Gasteiger partial charge in [-0.25, -0.2) is 4.68 Å². The van der Waals surface area contributed by atoms with E-state index in [9.17, 15) is 0 Å². The van der Waals surface area contributed by atoms with Crippen LogP contribution >= 0.6 is 0 Å². The van der Waals surface area contributed by atoms with Gasteiger partial charge in [-0.1, -0.05) is 13.8 Å². The quantitative estimate of drug-likeness (QED) is 0.887. The maximum Gasteiger partial charge on any atom is 0.234 e. The molecule has 2 aromatic heterocycles. The number of hydrogen-bond acceptors (Lipinski definition) is 5. The molecule has 0 unspecified atom stereocenters. The SMILES string of the molecule is CCOc1cncc(-n2nc(CC)c(N)c2CC)n1. The van der Waals surface area contributed by atoms with E-state index in [0.717, 1.165) is 29.9 Å². The molecule has 2 heterocycles. The Morgan fingerprint density at radius 1 is 1.21 bits per heavy atom. The number of ether oxygens (including phenoxy) is 1. The monoisotopic (exact) mass is 261 g/mol. The molecule has 0 aliphatic carbocycles. The topological polar surface area (TPSA) is 78.8 Å². The Bertz CT molecular complexity index is 564. The van der Waals surface area contributed by atoms with Crippen LogP contribution in [-0.4, -0.2) is 26.4 Å². The van der Waals surface area contributed by atoms with Crippen LogP contribution in [0.2, 0.25) is 0 Å². The lowest BCUT2D eigenvalue weighted by atomic mass is 10.2. The van der Waals surface area contributed by atoms with Crippen molar-refractivity contribution in [1.29, 1.82) is 0 Å². The highest BCUT2D eigenvalue weighted by Gasteiger charge is 2.15. The van der Waals surface area contributed by atoms with Crippen molar-refractivity contribution < 1.29 is 4.74 Å². The fourth-order valence-electron chi connectivity index (χ4n) is 1.96. The average Bonchev–Trinajstić information content (AvgIpc) is 2.75. The lowest BCUT2D eigenvalue weighted by Gasteiger charge is -2.07. The van der Waals surface area contributed by atoms with Crippen molar-refractivity contribution >= 4 is 5.69 Å². The second-order valence-electron chi connectivity index (χ2n) is 4.07. The third kappa shape index (κ3) is 2.52. The number of aryl methyl sites for hydroxylation is 1. The number of aromatic nitrogens is 4. The van der Waals surface area contributed by atoms with Crippen molar-refractivity contribution in [2.45, 2.75) is 33.6 Å². The van der Waals surface area contributed by atoms with E-state index < -0.39 is 0 Å². The van der Waals surface area contributed by atoms with Gasteiger partial charge in [0.25, 0.3) is 0 Å². The van der Waals surface area contributed by atoms with Gasteiger partial charge in [-0.2, -0.15) is 10.1 Å². The van der Waals surface area contributed by atoms with Crippen LogP contribution in [0.5, 0.6) is 5.88 Å². The van der Waals surface area contributed by atoms with E-state index in [1.54, 1.807) is 17.1 Å². The van der Waals surface area contributed by atoms with Gasteiger partial charge in [-0.3, -0.25) is 4.98 Å². The Morgan fingerprint density at radius 3 is 2.63 bits per heavy atom. The standard InChI is InChI=1S/C13H19N5O/c1-4-9-13(14)10(5-2)18(17-9)11-7-15-8-12(16-11)19-6-3/h7-8H,4-6,14H2,1-3H3. The zero-order valence-electron chi connectivity index (χ0n) is 11.6. The minimum Gasteiger partial charge on any atom is -0.477 e. The molecule has 0 aliphatic heterocycles. The summed E-state index contributed by atoms with van der Waals surface area (Å²) in [6, 6.07) is 0. The molecule has 0 bridgehead atoms. The van der Waals surface area contributed by atoms with Crippen LogP contribution in [-0.2, 0) is 12.8 Å². The van der Waals surface area contributed by atoms with Gasteiger partial charge in [-0.15, -0.1) is 0 Å². The largest absolute Gasteiger partial charge is 0.477 e. The van der Waals surface area contributed by atoms with Crippen LogP contribution in [0.4, 0.5) is 5.69 Å². The van der Waals surface area contributed by atoms with Gasteiger partial charge in [0.15, 0.2) is 5.82 Å². The third-order valence-corrected chi connectivity index (χ3v) is 2.88. The minimum absolute atomic E-state index is 0.495. The van der Waals surface area contributed by atoms with Crippen LogP contribution in [0.15, 0.2) is 12.4 Å². The van der Waals surface area contributed by atoms with Gasteiger partial charge in [0, 0.05) is 0 Å². The highest BCUT2D eigenvalue weighted by atomic mass is 16.5. The molecule has 0 aliphatic rings. The lowest BCUT2D eigenvalue weighted by molar-refractivity contribution is 0.324. The minimum atomic E-state index is 0.495. The molecule has 6 heteroatoms. The summed E-state index contributed by atoms with van der Waals surface area (Å²) in [4.78, 5) is 8.52. The average molecular weight is 261 g/mol. The summed E-state index contributed by atoms with van der Waals surface area (Å²) in [6.07, 6.45) is 4.84. The Kier molecular flexibility index (Phi) is 3.99. The predicted octanol–water partition coefficient (Wildman–Crippen LogP) is 1.77. The fraction of sp³-hybridized carbons (Fsp3) is 0.462. The molecule has 0 amide bonds. The van der Waals surface area contributed by atoms with E-state index in [1.165, 1.54) is 0 Å². The smallest absolute Gasteiger partial charge is 0.234 e. The lowest BCUT2D eigenvalue weighted by Crippen LogP contribution is -2.07. The van der Waals surface area contributed by atoms with Crippen molar-refractivity contribution in [2.75, 3.05) is 12.3 Å². The van der Waals surface area contributed by atoms with Crippen LogP contribution in [0.3, 0.4) is 0 Å². The Balaban J connectivity index is 2.48. The molecule has 0 fully saturated rings. The molecule has 6 nitrogen and oxygen atoms in total. The van der Waals surface area contributed by atoms with Gasteiger partial charge >= 0.3 is 0 Å². The maximum atomic E-state index is 6.10. The number of rotatable bonds is 5. The van der Waals surface area contributed by atoms with Crippen LogP contribution in [0.25, 0.3) is 5.82 Å². The van der Waals surface area contributed by atoms with Crippen LogP contribution < -0.4 is 10.5 Å². The number of nitrogen functional groups attached to an aromatic ring is 1. The second kappa shape index (κ2) is 5.69. The summed E-state index contributed by atoms with van der Waals surface area (Å²) in [5.74, 6) is 1.13. The van der Waals surface area contributed by atoms with E-state index in [-0.39, 0.29) is 0 Å². The zero-order valence-corrected chi connectivity index (χ0v) is 11.6. The summed E-state index contributed by atoms with van der Waals surface area (Å²) in [5, 5.41) is 4.50. The van der Waals surface area contributed by atoms with Crippen molar-refractivity contribution in [3.05, 3.63) is 23.8 Å². The first-order chi connectivity index (χ1) is 9.21. The van der Waals surface area contributed by atoms with Gasteiger partial charge in [0.2, 0.25) is 5.88 Å². The molecule has 0 aromatic carbocycles. The Hall–Kier alpha value is -2.11. The van der Waals surface area contributed by atoms with Gasteiger partial charge in [0.1, 0.15) is 0 Å². The summed E-state index contributed by atoms with van der Waals surface area (Å²) in [6.45, 7) is 6.54. The van der Waals surface area contributed by atoms with Crippen molar-refractivity contribution in [1.82, 2.24) is 19.7 Å². The highest BCUT2D eigenvalue weighted by molar-refractivity contribution is 5.50. The summed E-state index contributed by atoms with van der Waals surface area (Å²) in [5.41, 5.74) is 8.69. The Morgan fingerprint density at radius 2 is 2.00 bits per heavy atom. The van der Waals surface area contributed by atoms with Crippen molar-refractivity contribution in [3.8, 4) is 11.7 Å².